The number of aliphatic carboxylic acids is 1. The second-order valence-corrected chi connectivity index (χ2v) is 20.6. The molecule has 1 aliphatic heterocycles. The van der Waals surface area contributed by atoms with Crippen LogP contribution in [0.2, 0.25) is 0 Å². The van der Waals surface area contributed by atoms with Crippen molar-refractivity contribution < 1.29 is 24.2 Å². The fourth-order valence-corrected chi connectivity index (χ4v) is 12.7. The van der Waals surface area contributed by atoms with Crippen molar-refractivity contribution in [3.8, 4) is 11.5 Å². The number of fused-ring (bicyclic) bond motifs is 8. The van der Waals surface area contributed by atoms with Crippen LogP contribution >= 0.6 is 45.7 Å². The molecule has 3 aliphatic rings. The predicted octanol–water partition coefficient (Wildman–Crippen LogP) is 6.90. The van der Waals surface area contributed by atoms with Gasteiger partial charge in [-0.15, -0.1) is 32.9 Å². The number of hydrogen-bond acceptors (Lipinski definition) is 20. The highest BCUT2D eigenvalue weighted by atomic mass is 32.1. The summed E-state index contributed by atoms with van der Waals surface area (Å²) in [7, 11) is 7.47. The van der Waals surface area contributed by atoms with Crippen molar-refractivity contribution >= 4 is 121 Å². The van der Waals surface area contributed by atoms with Crippen molar-refractivity contribution in [2.75, 3.05) is 78.2 Å². The number of hydrogen-bond donors (Lipinski definition) is 3. The van der Waals surface area contributed by atoms with Crippen molar-refractivity contribution in [2.24, 2.45) is 11.8 Å². The Bertz CT molecular complexity index is 3090. The second-order valence-electron chi connectivity index (χ2n) is 16.8. The molecule has 1 amide bonds. The Morgan fingerprint density at radius 3 is 1.76 bits per heavy atom. The van der Waals surface area contributed by atoms with Crippen LogP contribution in [0.25, 0.3) is 40.9 Å². The summed E-state index contributed by atoms with van der Waals surface area (Å²) in [6.07, 6.45) is 7.50. The molecule has 0 unspecified atom stereocenters. The molecule has 11 rings (SSSR count). The summed E-state index contributed by atoms with van der Waals surface area (Å²) in [6, 6.07) is 7.69. The van der Waals surface area contributed by atoms with Gasteiger partial charge in [0.1, 0.15) is 56.5 Å². The summed E-state index contributed by atoms with van der Waals surface area (Å²) in [5, 5.41) is 26.5. The summed E-state index contributed by atoms with van der Waals surface area (Å²) in [4.78, 5) is 53.8. The van der Waals surface area contributed by atoms with E-state index in [4.69, 9.17) is 9.47 Å². The van der Waals surface area contributed by atoms with E-state index in [1.807, 2.05) is 24.3 Å². The molecule has 3 N–H and O–H groups in total. The predicted molar refractivity (Wildman–Crippen MR) is 260 cm³/mol. The fraction of sp³-hybridized carbons (Fsp3) is 0.409. The number of carboxylic acid groups (broad SMARTS) is 1. The van der Waals surface area contributed by atoms with Crippen LogP contribution in [-0.4, -0.2) is 138 Å². The molecule has 66 heavy (non-hydrogen) atoms. The minimum Gasteiger partial charge on any atom is -0.494 e. The van der Waals surface area contributed by atoms with Crippen LogP contribution in [0.5, 0.6) is 11.5 Å². The van der Waals surface area contributed by atoms with Gasteiger partial charge in [-0.25, -0.2) is 19.9 Å². The first-order chi connectivity index (χ1) is 32.1. The molecule has 1 fully saturated rings. The molecule has 8 aromatic rings. The van der Waals surface area contributed by atoms with Crippen molar-refractivity contribution in [1.29, 1.82) is 0 Å². The van der Waals surface area contributed by atoms with E-state index in [9.17, 15) is 14.7 Å². The minimum atomic E-state index is -0.733. The Morgan fingerprint density at radius 1 is 0.742 bits per heavy atom. The van der Waals surface area contributed by atoms with Gasteiger partial charge >= 0.3 is 5.97 Å². The van der Waals surface area contributed by atoms with Crippen LogP contribution in [0, 0.1) is 11.8 Å². The van der Waals surface area contributed by atoms with Gasteiger partial charge in [0.2, 0.25) is 5.91 Å². The standard InChI is InChI=1S/C26H32N8O2S2.C18H15N5O3S2/c1-32(2)6-7-33-8-10-34(11-9-33)26(35)16-4-5-17-21(12-16)37-25-23(17)24(27-15-28-25)29-18-14-22-19(30-31-38-22)13-20(18)36-3;1-26-12-5-11-14(28-23-22-11)6-10(12)21-16-15-9-3-2-8(18(24)25)4-13(9)27-17(15)20-7-19-16/h13-16H,4-12H2,1-3H3,(H,27,28,29);5-8H,2-4H2,1H3,(H,24,25)(H,19,20,21)/t16-;8-/m00/s1. The second kappa shape index (κ2) is 18.8. The van der Waals surface area contributed by atoms with E-state index in [0.717, 1.165) is 127 Å². The van der Waals surface area contributed by atoms with Gasteiger partial charge in [-0.3, -0.25) is 14.5 Å². The highest BCUT2D eigenvalue weighted by Crippen LogP contribution is 2.44. The number of ether oxygens (including phenoxy) is 2. The number of likely N-dealkylation sites (N-methyl/N-ethyl adjacent to an activating group) is 1. The average Bonchev–Trinajstić information content (AvgIpc) is 4.15. The Labute approximate surface area is 395 Å². The molecule has 6 aromatic heterocycles. The highest BCUT2D eigenvalue weighted by Gasteiger charge is 2.33. The number of nitrogens with one attached hydrogen (secondary N) is 2. The van der Waals surface area contributed by atoms with Gasteiger partial charge in [0, 0.05) is 67.1 Å². The average molecular weight is 966 g/mol. The van der Waals surface area contributed by atoms with Crippen molar-refractivity contribution in [3.05, 3.63) is 57.8 Å². The zero-order valence-electron chi connectivity index (χ0n) is 36.7. The maximum atomic E-state index is 13.5. The molecule has 0 spiro atoms. The Kier molecular flexibility index (Phi) is 12.6. The molecule has 7 heterocycles. The number of amides is 1. The van der Waals surface area contributed by atoms with Gasteiger partial charge in [-0.05, 0) is 98.9 Å². The van der Waals surface area contributed by atoms with E-state index in [1.54, 1.807) is 43.2 Å². The lowest BCUT2D eigenvalue weighted by molar-refractivity contribution is -0.142. The minimum absolute atomic E-state index is 0.0367. The maximum Gasteiger partial charge on any atom is 0.306 e. The molecular formula is C44H47N13O5S4. The number of aromatic nitrogens is 8. The third-order valence-electron chi connectivity index (χ3n) is 12.6. The Hall–Kier alpha value is -5.78. The van der Waals surface area contributed by atoms with E-state index in [2.05, 4.69) is 78.5 Å². The van der Waals surface area contributed by atoms with Crippen LogP contribution in [0.15, 0.2) is 36.9 Å². The van der Waals surface area contributed by atoms with Gasteiger partial charge in [-0.1, -0.05) is 8.98 Å². The molecule has 0 radical (unpaired) electrons. The first-order valence-electron chi connectivity index (χ1n) is 21.7. The van der Waals surface area contributed by atoms with E-state index in [1.165, 1.54) is 39.8 Å². The number of aryl methyl sites for hydroxylation is 2. The van der Waals surface area contributed by atoms with Crippen LogP contribution < -0.4 is 20.1 Å². The first kappa shape index (κ1) is 44.1. The van der Waals surface area contributed by atoms with Crippen molar-refractivity contribution in [3.63, 3.8) is 0 Å². The molecular weight excluding hydrogens is 919 g/mol. The van der Waals surface area contributed by atoms with Crippen molar-refractivity contribution in [2.45, 2.75) is 38.5 Å². The number of anilines is 4. The number of methoxy groups -OCH3 is 2. The van der Waals surface area contributed by atoms with Crippen LogP contribution in [-0.2, 0) is 35.3 Å². The molecule has 2 aromatic carbocycles. The monoisotopic (exact) mass is 965 g/mol. The number of carbonyl (C=O) groups is 2. The lowest BCUT2D eigenvalue weighted by atomic mass is 9.86. The third-order valence-corrected chi connectivity index (χ3v) is 16.3. The summed E-state index contributed by atoms with van der Waals surface area (Å²) in [5.41, 5.74) is 5.61. The number of carbonyl (C=O) groups excluding carboxylic acids is 1. The fourth-order valence-electron chi connectivity index (χ4n) is 9.03. The molecule has 0 saturated carbocycles. The lowest BCUT2D eigenvalue weighted by Gasteiger charge is -2.37. The van der Waals surface area contributed by atoms with Gasteiger partial charge in [-0.2, -0.15) is 0 Å². The molecule has 22 heteroatoms. The Balaban J connectivity index is 0.000000162. The molecule has 342 valence electrons. The largest absolute Gasteiger partial charge is 0.494 e. The van der Waals surface area contributed by atoms with Crippen molar-refractivity contribution in [1.82, 2.24) is 53.8 Å². The van der Waals surface area contributed by atoms with E-state index < -0.39 is 5.97 Å². The smallest absolute Gasteiger partial charge is 0.306 e. The van der Waals surface area contributed by atoms with E-state index >= 15 is 0 Å². The Morgan fingerprint density at radius 2 is 1.26 bits per heavy atom. The van der Waals surface area contributed by atoms with Crippen LogP contribution in [0.4, 0.5) is 23.0 Å². The molecule has 1 saturated heterocycles. The summed E-state index contributed by atoms with van der Waals surface area (Å²) < 4.78 is 21.1. The third kappa shape index (κ3) is 8.79. The van der Waals surface area contributed by atoms with E-state index in [0.29, 0.717) is 42.5 Å². The normalized spacial score (nSPS) is 17.4. The topological polar surface area (TPSA) is 210 Å². The highest BCUT2D eigenvalue weighted by molar-refractivity contribution is 7.19. The number of thiophene rings is 2. The SMILES string of the molecule is COc1cc2nnsc2cc1Nc1ncnc2sc3c(c12)CC[C@H](C(=O)N1CCN(CCN(C)C)CC1)C3.COc1cc2nnsc2cc1Nc1ncnc2sc3c(c12)CC[C@H](C(=O)O)C3. The molecule has 2 atom stereocenters. The van der Waals surface area contributed by atoms with Gasteiger partial charge in [0.25, 0.3) is 0 Å². The quantitative estimate of drug-likeness (QED) is 0.120. The zero-order valence-corrected chi connectivity index (χ0v) is 40.0. The number of piperazine rings is 1. The maximum absolute atomic E-state index is 13.5. The zero-order chi connectivity index (χ0) is 45.5. The molecule has 2 aliphatic carbocycles. The summed E-state index contributed by atoms with van der Waals surface area (Å²) in [5.74, 6) is 2.09. The van der Waals surface area contributed by atoms with Gasteiger partial charge in [0.15, 0.2) is 0 Å². The molecule has 0 bridgehead atoms. The number of carboxylic acids is 1. The van der Waals surface area contributed by atoms with Crippen LogP contribution in [0.3, 0.4) is 0 Å². The first-order valence-corrected chi connectivity index (χ1v) is 24.9. The number of benzene rings is 2. The lowest BCUT2D eigenvalue weighted by Crippen LogP contribution is -2.51. The van der Waals surface area contributed by atoms with Gasteiger partial charge < -0.3 is 35.0 Å². The number of nitrogens with zero attached hydrogens (tertiary/aromatic N) is 11. The van der Waals surface area contributed by atoms with Gasteiger partial charge in [0.05, 0.1) is 51.7 Å². The summed E-state index contributed by atoms with van der Waals surface area (Å²) >= 11 is 5.92. The summed E-state index contributed by atoms with van der Waals surface area (Å²) in [6.45, 7) is 5.67. The molecule has 18 nitrogen and oxygen atoms in total. The van der Waals surface area contributed by atoms with E-state index in [-0.39, 0.29) is 11.8 Å². The number of rotatable bonds is 11. The van der Waals surface area contributed by atoms with Crippen LogP contribution in [0.1, 0.15) is 33.7 Å².